The highest BCUT2D eigenvalue weighted by molar-refractivity contribution is 5.51. The maximum Gasteiger partial charge on any atom is 0.405 e. The van der Waals surface area contributed by atoms with Crippen LogP contribution in [-0.2, 0) is 6.54 Å². The van der Waals surface area contributed by atoms with E-state index in [0.717, 1.165) is 24.2 Å². The Bertz CT molecular complexity index is 402. The second-order valence-corrected chi connectivity index (χ2v) is 4.52. The van der Waals surface area contributed by atoms with E-state index in [1.165, 1.54) is 4.90 Å². The van der Waals surface area contributed by atoms with E-state index in [9.17, 15) is 13.2 Å². The van der Waals surface area contributed by atoms with Gasteiger partial charge in [0.05, 0.1) is 0 Å². The van der Waals surface area contributed by atoms with Crippen LogP contribution in [0.3, 0.4) is 0 Å². The SMILES string of the molecule is CCNCc1ccc(N(CC)CC(F)(F)F)cc1C. The van der Waals surface area contributed by atoms with Gasteiger partial charge in [0.1, 0.15) is 6.54 Å². The van der Waals surface area contributed by atoms with E-state index in [2.05, 4.69) is 5.32 Å². The van der Waals surface area contributed by atoms with Gasteiger partial charge in [0.25, 0.3) is 0 Å². The maximum absolute atomic E-state index is 12.5. The van der Waals surface area contributed by atoms with Gasteiger partial charge in [-0.15, -0.1) is 0 Å². The van der Waals surface area contributed by atoms with Crippen molar-refractivity contribution in [1.29, 1.82) is 0 Å². The molecule has 5 heteroatoms. The summed E-state index contributed by atoms with van der Waals surface area (Å²) in [6.07, 6.45) is -4.17. The summed E-state index contributed by atoms with van der Waals surface area (Å²) >= 11 is 0. The molecule has 0 aromatic heterocycles. The van der Waals surface area contributed by atoms with Gasteiger partial charge < -0.3 is 10.2 Å². The van der Waals surface area contributed by atoms with Crippen molar-refractivity contribution in [2.75, 3.05) is 24.5 Å². The first-order chi connectivity index (χ1) is 8.87. The minimum Gasteiger partial charge on any atom is -0.363 e. The molecule has 0 spiro atoms. The Labute approximate surface area is 112 Å². The fraction of sp³-hybridized carbons (Fsp3) is 0.571. The number of hydrogen-bond donors (Lipinski definition) is 1. The fourth-order valence-corrected chi connectivity index (χ4v) is 1.94. The van der Waals surface area contributed by atoms with Gasteiger partial charge in [-0.2, -0.15) is 13.2 Å². The normalized spacial score (nSPS) is 11.7. The lowest BCUT2D eigenvalue weighted by molar-refractivity contribution is -0.119. The van der Waals surface area contributed by atoms with Crippen molar-refractivity contribution in [2.24, 2.45) is 0 Å². The zero-order valence-electron chi connectivity index (χ0n) is 11.6. The lowest BCUT2D eigenvalue weighted by Crippen LogP contribution is -2.34. The highest BCUT2D eigenvalue weighted by Gasteiger charge is 2.30. The van der Waals surface area contributed by atoms with Crippen molar-refractivity contribution < 1.29 is 13.2 Å². The summed E-state index contributed by atoms with van der Waals surface area (Å²) in [5, 5.41) is 3.21. The van der Waals surface area contributed by atoms with Crippen molar-refractivity contribution in [2.45, 2.75) is 33.5 Å². The zero-order valence-corrected chi connectivity index (χ0v) is 11.6. The highest BCUT2D eigenvalue weighted by atomic mass is 19.4. The smallest absolute Gasteiger partial charge is 0.363 e. The molecular formula is C14H21F3N2. The van der Waals surface area contributed by atoms with Gasteiger partial charge in [-0.1, -0.05) is 13.0 Å². The molecule has 1 aromatic carbocycles. The lowest BCUT2D eigenvalue weighted by Gasteiger charge is -2.25. The van der Waals surface area contributed by atoms with E-state index < -0.39 is 12.7 Å². The summed E-state index contributed by atoms with van der Waals surface area (Å²) in [6.45, 7) is 6.72. The molecule has 0 bridgehead atoms. The predicted molar refractivity (Wildman–Crippen MR) is 72.5 cm³/mol. The monoisotopic (exact) mass is 274 g/mol. The topological polar surface area (TPSA) is 15.3 Å². The van der Waals surface area contributed by atoms with E-state index in [-0.39, 0.29) is 0 Å². The Kier molecular flexibility index (Phi) is 5.66. The van der Waals surface area contributed by atoms with Crippen LogP contribution in [-0.4, -0.2) is 25.8 Å². The molecule has 0 aliphatic carbocycles. The van der Waals surface area contributed by atoms with E-state index in [1.807, 2.05) is 26.0 Å². The number of nitrogens with zero attached hydrogens (tertiary/aromatic N) is 1. The average molecular weight is 274 g/mol. The van der Waals surface area contributed by atoms with E-state index >= 15 is 0 Å². The van der Waals surface area contributed by atoms with Crippen LogP contribution in [0.15, 0.2) is 18.2 Å². The largest absolute Gasteiger partial charge is 0.405 e. The Morgan fingerprint density at radius 1 is 1.21 bits per heavy atom. The maximum atomic E-state index is 12.5. The number of halogens is 3. The first kappa shape index (κ1) is 15.8. The molecule has 1 rings (SSSR count). The van der Waals surface area contributed by atoms with Gasteiger partial charge in [0.2, 0.25) is 0 Å². The lowest BCUT2D eigenvalue weighted by atomic mass is 10.1. The number of anilines is 1. The van der Waals surface area contributed by atoms with Crippen molar-refractivity contribution in [3.8, 4) is 0 Å². The number of nitrogens with one attached hydrogen (secondary N) is 1. The van der Waals surface area contributed by atoms with Crippen molar-refractivity contribution in [3.05, 3.63) is 29.3 Å². The Morgan fingerprint density at radius 2 is 1.89 bits per heavy atom. The molecule has 1 aromatic rings. The molecule has 0 fully saturated rings. The van der Waals surface area contributed by atoms with Gasteiger partial charge in [-0.25, -0.2) is 0 Å². The molecule has 1 N–H and O–H groups in total. The van der Waals surface area contributed by atoms with Gasteiger partial charge >= 0.3 is 6.18 Å². The van der Waals surface area contributed by atoms with Crippen molar-refractivity contribution in [3.63, 3.8) is 0 Å². The van der Waals surface area contributed by atoms with E-state index in [4.69, 9.17) is 0 Å². The summed E-state index contributed by atoms with van der Waals surface area (Å²) < 4.78 is 37.4. The summed E-state index contributed by atoms with van der Waals surface area (Å²) in [4.78, 5) is 1.34. The van der Waals surface area contributed by atoms with E-state index in [1.54, 1.807) is 13.0 Å². The Balaban J connectivity index is 2.85. The molecular weight excluding hydrogens is 253 g/mol. The third kappa shape index (κ3) is 5.11. The number of benzene rings is 1. The fourth-order valence-electron chi connectivity index (χ4n) is 1.94. The number of alkyl halides is 3. The Hall–Kier alpha value is -1.23. The summed E-state index contributed by atoms with van der Waals surface area (Å²) in [5.74, 6) is 0. The van der Waals surface area contributed by atoms with Crippen molar-refractivity contribution in [1.82, 2.24) is 5.32 Å². The molecule has 2 nitrogen and oxygen atoms in total. The molecule has 0 aliphatic heterocycles. The van der Waals surface area contributed by atoms with Crippen LogP contribution in [0.1, 0.15) is 25.0 Å². The average Bonchev–Trinajstić information content (AvgIpc) is 2.33. The van der Waals surface area contributed by atoms with Crippen LogP contribution in [0.4, 0.5) is 18.9 Å². The molecule has 0 aliphatic rings. The molecule has 0 saturated carbocycles. The van der Waals surface area contributed by atoms with Crippen LogP contribution >= 0.6 is 0 Å². The molecule has 0 saturated heterocycles. The van der Waals surface area contributed by atoms with Gasteiger partial charge in [0.15, 0.2) is 0 Å². The molecule has 108 valence electrons. The van der Waals surface area contributed by atoms with Crippen LogP contribution in [0.5, 0.6) is 0 Å². The molecule has 0 amide bonds. The second-order valence-electron chi connectivity index (χ2n) is 4.52. The Morgan fingerprint density at radius 3 is 2.37 bits per heavy atom. The van der Waals surface area contributed by atoms with Gasteiger partial charge in [0, 0.05) is 18.8 Å². The molecule has 0 atom stereocenters. The van der Waals surface area contributed by atoms with E-state index in [0.29, 0.717) is 12.2 Å². The van der Waals surface area contributed by atoms with Crippen LogP contribution in [0.2, 0.25) is 0 Å². The molecule has 0 radical (unpaired) electrons. The standard InChI is InChI=1S/C14H21F3N2/c1-4-18-9-12-6-7-13(8-11(12)3)19(5-2)10-14(15,16)17/h6-8,18H,4-5,9-10H2,1-3H3. The second kappa shape index (κ2) is 6.80. The quantitative estimate of drug-likeness (QED) is 0.854. The molecule has 0 unspecified atom stereocenters. The van der Waals surface area contributed by atoms with Gasteiger partial charge in [-0.3, -0.25) is 0 Å². The van der Waals surface area contributed by atoms with Crippen molar-refractivity contribution >= 4 is 5.69 Å². The summed E-state index contributed by atoms with van der Waals surface area (Å²) in [5.41, 5.74) is 2.75. The van der Waals surface area contributed by atoms with Crippen LogP contribution in [0.25, 0.3) is 0 Å². The summed E-state index contributed by atoms with van der Waals surface area (Å²) in [6, 6.07) is 5.48. The minimum absolute atomic E-state index is 0.339. The number of hydrogen-bond acceptors (Lipinski definition) is 2. The molecule has 0 heterocycles. The number of aryl methyl sites for hydroxylation is 1. The third-order valence-electron chi connectivity index (χ3n) is 3.01. The van der Waals surface area contributed by atoms with Gasteiger partial charge in [-0.05, 0) is 43.7 Å². The number of rotatable bonds is 6. The zero-order chi connectivity index (χ0) is 14.5. The first-order valence-corrected chi connectivity index (χ1v) is 6.49. The summed E-state index contributed by atoms with van der Waals surface area (Å²) in [7, 11) is 0. The highest BCUT2D eigenvalue weighted by Crippen LogP contribution is 2.24. The molecule has 19 heavy (non-hydrogen) atoms. The minimum atomic E-state index is -4.17. The van der Waals surface area contributed by atoms with Crippen LogP contribution < -0.4 is 10.2 Å². The first-order valence-electron chi connectivity index (χ1n) is 6.49. The van der Waals surface area contributed by atoms with Crippen LogP contribution in [0, 0.1) is 6.92 Å². The predicted octanol–water partition coefficient (Wildman–Crippen LogP) is 3.49. The third-order valence-corrected chi connectivity index (χ3v) is 3.01.